The summed E-state index contributed by atoms with van der Waals surface area (Å²) < 4.78 is 5.17. The first kappa shape index (κ1) is 33.0. The van der Waals surface area contributed by atoms with E-state index < -0.39 is 35.4 Å². The van der Waals surface area contributed by atoms with Crippen LogP contribution in [-0.4, -0.2) is 53.5 Å². The average Bonchev–Trinajstić information content (AvgIpc) is 3.09. The van der Waals surface area contributed by atoms with Crippen LogP contribution < -0.4 is 5.32 Å². The Labute approximate surface area is 262 Å². The summed E-state index contributed by atoms with van der Waals surface area (Å²) in [7, 11) is 1.15. The van der Waals surface area contributed by atoms with Gasteiger partial charge in [-0.15, -0.1) is 0 Å². The fourth-order valence-electron chi connectivity index (χ4n) is 5.27. The number of esters is 1. The minimum absolute atomic E-state index is 0.0712. The minimum atomic E-state index is -2.13. The van der Waals surface area contributed by atoms with E-state index in [1.165, 1.54) is 12.1 Å². The number of carbonyl (C=O) groups excluding carboxylic acids is 4. The van der Waals surface area contributed by atoms with Gasteiger partial charge in [0.2, 0.25) is 5.91 Å². The number of rotatable bonds is 13. The van der Waals surface area contributed by atoms with E-state index >= 15 is 0 Å². The summed E-state index contributed by atoms with van der Waals surface area (Å²) in [5.41, 5.74) is 0.0818. The topological polar surface area (TPSA) is 130 Å². The quantitative estimate of drug-likeness (QED) is 0.147. The summed E-state index contributed by atoms with van der Waals surface area (Å²) in [5.74, 6) is -3.39. The molecule has 2 unspecified atom stereocenters. The van der Waals surface area contributed by atoms with Crippen molar-refractivity contribution in [2.24, 2.45) is 5.92 Å². The molecule has 0 aromatic heterocycles. The number of ketones is 2. The van der Waals surface area contributed by atoms with Gasteiger partial charge in [0.1, 0.15) is 0 Å². The molecule has 0 fully saturated rings. The lowest BCUT2D eigenvalue weighted by atomic mass is 9.79. The van der Waals surface area contributed by atoms with Crippen molar-refractivity contribution in [3.63, 3.8) is 0 Å². The van der Waals surface area contributed by atoms with Gasteiger partial charge in [0.25, 0.3) is 0 Å². The van der Waals surface area contributed by atoms with Crippen molar-refractivity contribution in [2.75, 3.05) is 13.7 Å². The maximum atomic E-state index is 14.0. The summed E-state index contributed by atoms with van der Waals surface area (Å²) in [6.45, 7) is 3.05. The number of methoxy groups -OCH3 is 1. The molecule has 0 bridgehead atoms. The second-order valence-electron chi connectivity index (χ2n) is 11.1. The van der Waals surface area contributed by atoms with E-state index in [2.05, 4.69) is 5.32 Å². The summed E-state index contributed by atoms with van der Waals surface area (Å²) in [6, 6.07) is 30.2. The van der Waals surface area contributed by atoms with Gasteiger partial charge in [-0.1, -0.05) is 104 Å². The highest BCUT2D eigenvalue weighted by Crippen LogP contribution is 2.33. The Balaban J connectivity index is 1.75. The van der Waals surface area contributed by atoms with Crippen LogP contribution >= 0.6 is 0 Å². The Hall–Kier alpha value is -4.92. The van der Waals surface area contributed by atoms with E-state index in [1.54, 1.807) is 105 Å². The largest absolute Gasteiger partial charge is 0.467 e. The number of aliphatic hydroxyl groups is 2. The molecule has 0 saturated heterocycles. The fourth-order valence-corrected chi connectivity index (χ4v) is 5.27. The number of aliphatic hydroxyl groups excluding tert-OH is 2. The molecule has 8 nitrogen and oxygen atoms in total. The summed E-state index contributed by atoms with van der Waals surface area (Å²) >= 11 is 0. The SMILES string of the molecule is COC(=O)[C@](NC(=O)[C@@H](C)c1cccc(C(=O)c2ccccc2)c1)(c1cccc(C(=O)c2ccccc2)c1)C(O)CC(C)CO. The zero-order valence-corrected chi connectivity index (χ0v) is 25.5. The molecule has 0 aliphatic carbocycles. The molecular formula is C37H37NO7. The van der Waals surface area contributed by atoms with Gasteiger partial charge in [-0.3, -0.25) is 14.4 Å². The summed E-state index contributed by atoms with van der Waals surface area (Å²) in [5, 5.41) is 24.2. The van der Waals surface area contributed by atoms with Crippen LogP contribution in [0.3, 0.4) is 0 Å². The van der Waals surface area contributed by atoms with Crippen LogP contribution in [0.15, 0.2) is 109 Å². The smallest absolute Gasteiger partial charge is 0.339 e. The van der Waals surface area contributed by atoms with Gasteiger partial charge >= 0.3 is 5.97 Å². The number of ether oxygens (including phenoxy) is 1. The molecule has 0 aliphatic rings. The molecule has 232 valence electrons. The molecule has 4 aromatic carbocycles. The highest BCUT2D eigenvalue weighted by atomic mass is 16.5. The maximum Gasteiger partial charge on any atom is 0.339 e. The number of amides is 1. The van der Waals surface area contributed by atoms with Gasteiger partial charge in [0.15, 0.2) is 17.1 Å². The van der Waals surface area contributed by atoms with Gasteiger partial charge in [0, 0.05) is 28.9 Å². The second kappa shape index (κ2) is 14.7. The fraction of sp³-hybridized carbons (Fsp3) is 0.243. The molecule has 0 aliphatic heterocycles. The first-order chi connectivity index (χ1) is 21.6. The molecule has 1 amide bonds. The van der Waals surface area contributed by atoms with E-state index in [9.17, 15) is 29.4 Å². The Morgan fingerprint density at radius 1 is 0.733 bits per heavy atom. The van der Waals surface area contributed by atoms with Gasteiger partial charge in [-0.2, -0.15) is 0 Å². The van der Waals surface area contributed by atoms with E-state index in [0.29, 0.717) is 22.3 Å². The molecule has 4 atom stereocenters. The Morgan fingerprint density at radius 3 is 1.78 bits per heavy atom. The third-order valence-electron chi connectivity index (χ3n) is 7.96. The lowest BCUT2D eigenvalue weighted by Gasteiger charge is -2.38. The van der Waals surface area contributed by atoms with Crippen LogP contribution in [0, 0.1) is 5.92 Å². The molecule has 0 saturated carbocycles. The van der Waals surface area contributed by atoms with Crippen LogP contribution in [0.2, 0.25) is 0 Å². The lowest BCUT2D eigenvalue weighted by Crippen LogP contribution is -2.61. The third-order valence-corrected chi connectivity index (χ3v) is 7.96. The predicted molar refractivity (Wildman–Crippen MR) is 170 cm³/mol. The van der Waals surface area contributed by atoms with Crippen molar-refractivity contribution in [2.45, 2.75) is 37.8 Å². The molecule has 0 heterocycles. The molecule has 0 spiro atoms. The third kappa shape index (κ3) is 7.25. The molecular weight excluding hydrogens is 570 g/mol. The number of hydrogen-bond acceptors (Lipinski definition) is 7. The Bertz CT molecular complexity index is 1650. The highest BCUT2D eigenvalue weighted by Gasteiger charge is 2.50. The van der Waals surface area contributed by atoms with Crippen molar-refractivity contribution in [1.29, 1.82) is 0 Å². The number of carbonyl (C=O) groups is 4. The van der Waals surface area contributed by atoms with Gasteiger partial charge < -0.3 is 20.3 Å². The molecule has 4 rings (SSSR count). The monoisotopic (exact) mass is 607 g/mol. The number of nitrogens with one attached hydrogen (secondary N) is 1. The van der Waals surface area contributed by atoms with Crippen molar-refractivity contribution < 1.29 is 34.1 Å². The van der Waals surface area contributed by atoms with Gasteiger partial charge in [0.05, 0.1) is 19.1 Å². The maximum absolute atomic E-state index is 14.0. The Morgan fingerprint density at radius 2 is 1.24 bits per heavy atom. The van der Waals surface area contributed by atoms with Crippen molar-refractivity contribution in [3.8, 4) is 0 Å². The van der Waals surface area contributed by atoms with Crippen LogP contribution in [0.25, 0.3) is 0 Å². The molecule has 4 aromatic rings. The van der Waals surface area contributed by atoms with Crippen LogP contribution in [-0.2, 0) is 19.9 Å². The highest BCUT2D eigenvalue weighted by molar-refractivity contribution is 6.10. The van der Waals surface area contributed by atoms with E-state index in [-0.39, 0.29) is 35.7 Å². The Kier molecular flexibility index (Phi) is 10.8. The van der Waals surface area contributed by atoms with Gasteiger partial charge in [-0.25, -0.2) is 4.79 Å². The number of benzene rings is 4. The molecule has 8 heteroatoms. The van der Waals surface area contributed by atoms with Crippen LogP contribution in [0.1, 0.15) is 69.2 Å². The van der Waals surface area contributed by atoms with Crippen molar-refractivity contribution >= 4 is 23.4 Å². The normalized spacial score (nSPS) is 14.3. The second-order valence-corrected chi connectivity index (χ2v) is 11.1. The van der Waals surface area contributed by atoms with E-state index in [4.69, 9.17) is 4.74 Å². The van der Waals surface area contributed by atoms with E-state index in [1.807, 2.05) is 6.07 Å². The predicted octanol–water partition coefficient (Wildman–Crippen LogP) is 4.82. The van der Waals surface area contributed by atoms with E-state index in [0.717, 1.165) is 7.11 Å². The summed E-state index contributed by atoms with van der Waals surface area (Å²) in [6.07, 6.45) is -1.62. The first-order valence-corrected chi connectivity index (χ1v) is 14.7. The average molecular weight is 608 g/mol. The molecule has 3 N–H and O–H groups in total. The van der Waals surface area contributed by atoms with Gasteiger partial charge in [-0.05, 0) is 42.5 Å². The van der Waals surface area contributed by atoms with Crippen molar-refractivity contribution in [3.05, 3.63) is 143 Å². The zero-order chi connectivity index (χ0) is 32.6. The lowest BCUT2D eigenvalue weighted by molar-refractivity contribution is -0.158. The zero-order valence-electron chi connectivity index (χ0n) is 25.5. The van der Waals surface area contributed by atoms with Crippen LogP contribution in [0.5, 0.6) is 0 Å². The van der Waals surface area contributed by atoms with Crippen LogP contribution in [0.4, 0.5) is 0 Å². The number of hydrogen-bond donors (Lipinski definition) is 3. The molecule has 45 heavy (non-hydrogen) atoms. The summed E-state index contributed by atoms with van der Waals surface area (Å²) in [4.78, 5) is 54.1. The first-order valence-electron chi connectivity index (χ1n) is 14.7. The molecule has 0 radical (unpaired) electrons. The minimum Gasteiger partial charge on any atom is -0.467 e. The van der Waals surface area contributed by atoms with Crippen molar-refractivity contribution in [1.82, 2.24) is 5.32 Å². The standard InChI is InChI=1S/C37H37NO7/c1-24(23-39)20-32(40)37(36(44)45-3,31-19-11-18-30(22-31)34(42)27-14-8-5-9-15-27)38-35(43)25(2)28-16-10-17-29(21-28)33(41)26-12-6-4-7-13-26/h4-19,21-22,24-25,32,39-40H,20,23H2,1-3H3,(H,38,43)/t24?,25-,32?,37-/m0/s1.